The standard InChI is InChI=1S/C22H26N2O5/c1-22(2,3)28-21(26)24-17-10-16(11-18(24)13-27-12-17)20(25)15-6-4-14(5-7-15)19-8-9-23-29-19/h4-9,16-18H,10-13H2,1-3H3. The molecular weight excluding hydrogens is 372 g/mol. The van der Waals surface area contributed by atoms with Crippen LogP contribution in [-0.2, 0) is 9.47 Å². The molecule has 7 heteroatoms. The fourth-order valence-corrected chi connectivity index (χ4v) is 4.14. The summed E-state index contributed by atoms with van der Waals surface area (Å²) in [5.41, 5.74) is 0.997. The number of amides is 1. The molecule has 2 aliphatic rings. The van der Waals surface area contributed by atoms with Gasteiger partial charge in [-0.05, 0) is 33.6 Å². The van der Waals surface area contributed by atoms with Crippen LogP contribution in [0.5, 0.6) is 0 Å². The number of ketones is 1. The van der Waals surface area contributed by atoms with E-state index < -0.39 is 5.60 Å². The van der Waals surface area contributed by atoms with Gasteiger partial charge in [-0.2, -0.15) is 0 Å². The quantitative estimate of drug-likeness (QED) is 0.729. The van der Waals surface area contributed by atoms with Crippen molar-refractivity contribution in [3.63, 3.8) is 0 Å². The van der Waals surface area contributed by atoms with Gasteiger partial charge in [0.1, 0.15) is 5.60 Å². The fraction of sp³-hybridized carbons (Fsp3) is 0.500. The van der Waals surface area contributed by atoms with Crippen LogP contribution in [0, 0.1) is 5.92 Å². The van der Waals surface area contributed by atoms with Crippen LogP contribution in [0.4, 0.5) is 4.79 Å². The molecule has 0 aliphatic carbocycles. The fourth-order valence-electron chi connectivity index (χ4n) is 4.14. The molecule has 1 amide bonds. The second-order valence-corrected chi connectivity index (χ2v) is 8.72. The van der Waals surface area contributed by atoms with Gasteiger partial charge in [0.2, 0.25) is 0 Å². The van der Waals surface area contributed by atoms with Crippen LogP contribution in [-0.4, -0.2) is 52.8 Å². The van der Waals surface area contributed by atoms with Gasteiger partial charge >= 0.3 is 6.09 Å². The first-order chi connectivity index (χ1) is 13.8. The van der Waals surface area contributed by atoms with E-state index in [9.17, 15) is 9.59 Å². The van der Waals surface area contributed by atoms with Crippen molar-refractivity contribution in [1.82, 2.24) is 10.1 Å². The molecule has 3 heterocycles. The number of ether oxygens (including phenoxy) is 2. The number of nitrogens with zero attached hydrogens (tertiary/aromatic N) is 2. The van der Waals surface area contributed by atoms with E-state index >= 15 is 0 Å². The Kier molecular flexibility index (Phi) is 5.17. The lowest BCUT2D eigenvalue weighted by Crippen LogP contribution is -2.60. The summed E-state index contributed by atoms with van der Waals surface area (Å²) in [7, 11) is 0. The van der Waals surface area contributed by atoms with Gasteiger partial charge in [-0.1, -0.05) is 29.4 Å². The number of aromatic nitrogens is 1. The summed E-state index contributed by atoms with van der Waals surface area (Å²) < 4.78 is 16.4. The molecule has 1 aromatic carbocycles. The highest BCUT2D eigenvalue weighted by Gasteiger charge is 2.45. The Morgan fingerprint density at radius 1 is 1.07 bits per heavy atom. The first kappa shape index (κ1) is 19.6. The SMILES string of the molecule is CC(C)(C)OC(=O)N1C2COCC1CC(C(=O)c1ccc(-c3ccno3)cc1)C2. The normalized spacial score (nSPS) is 24.2. The average Bonchev–Trinajstić information content (AvgIpc) is 3.20. The average molecular weight is 398 g/mol. The predicted octanol–water partition coefficient (Wildman–Crippen LogP) is 3.94. The van der Waals surface area contributed by atoms with E-state index in [-0.39, 0.29) is 29.9 Å². The first-order valence-electron chi connectivity index (χ1n) is 9.96. The predicted molar refractivity (Wildman–Crippen MR) is 105 cm³/mol. The van der Waals surface area contributed by atoms with Crippen LogP contribution in [0.3, 0.4) is 0 Å². The third-order valence-electron chi connectivity index (χ3n) is 5.39. The van der Waals surface area contributed by atoms with Gasteiger partial charge in [-0.15, -0.1) is 0 Å². The molecule has 0 spiro atoms. The molecule has 2 atom stereocenters. The minimum absolute atomic E-state index is 0.106. The van der Waals surface area contributed by atoms with E-state index in [4.69, 9.17) is 14.0 Å². The Hall–Kier alpha value is -2.67. The van der Waals surface area contributed by atoms with Crippen LogP contribution >= 0.6 is 0 Å². The lowest BCUT2D eigenvalue weighted by atomic mass is 9.80. The van der Waals surface area contributed by atoms with E-state index in [1.165, 1.54) is 0 Å². The summed E-state index contributed by atoms with van der Waals surface area (Å²) in [4.78, 5) is 27.6. The molecule has 0 saturated carbocycles. The number of hydrogen-bond acceptors (Lipinski definition) is 6. The Morgan fingerprint density at radius 3 is 2.28 bits per heavy atom. The zero-order valence-electron chi connectivity index (χ0n) is 17.0. The molecule has 2 bridgehead atoms. The number of morpholine rings is 1. The lowest BCUT2D eigenvalue weighted by Gasteiger charge is -2.47. The molecular formula is C22H26N2O5. The summed E-state index contributed by atoms with van der Waals surface area (Å²) in [6.07, 6.45) is 2.43. The second-order valence-electron chi connectivity index (χ2n) is 8.72. The van der Waals surface area contributed by atoms with Crippen molar-refractivity contribution in [3.8, 4) is 11.3 Å². The number of rotatable bonds is 3. The van der Waals surface area contributed by atoms with Gasteiger partial charge in [0.15, 0.2) is 11.5 Å². The highest BCUT2D eigenvalue weighted by molar-refractivity contribution is 5.98. The van der Waals surface area contributed by atoms with Crippen molar-refractivity contribution in [3.05, 3.63) is 42.1 Å². The second kappa shape index (κ2) is 7.63. The number of Topliss-reactive ketones (excluding diaryl/α,β-unsaturated/α-hetero) is 1. The van der Waals surface area contributed by atoms with Crippen molar-refractivity contribution >= 4 is 11.9 Å². The molecule has 7 nitrogen and oxygen atoms in total. The zero-order chi connectivity index (χ0) is 20.6. The molecule has 29 heavy (non-hydrogen) atoms. The van der Waals surface area contributed by atoms with E-state index in [0.29, 0.717) is 37.4 Å². The first-order valence-corrected chi connectivity index (χ1v) is 9.96. The molecule has 154 valence electrons. The third-order valence-corrected chi connectivity index (χ3v) is 5.39. The maximum atomic E-state index is 13.1. The molecule has 1 aromatic heterocycles. The third kappa shape index (κ3) is 4.19. The molecule has 2 aromatic rings. The minimum atomic E-state index is -0.551. The van der Waals surface area contributed by atoms with E-state index in [0.717, 1.165) is 5.56 Å². The Balaban J connectivity index is 1.47. The van der Waals surface area contributed by atoms with Gasteiger partial charge < -0.3 is 14.0 Å². The summed E-state index contributed by atoms with van der Waals surface area (Å²) in [6, 6.07) is 8.89. The van der Waals surface area contributed by atoms with Crippen LogP contribution in [0.25, 0.3) is 11.3 Å². The van der Waals surface area contributed by atoms with Crippen molar-refractivity contribution in [1.29, 1.82) is 0 Å². The molecule has 4 rings (SSSR count). The van der Waals surface area contributed by atoms with Crippen LogP contribution in [0.15, 0.2) is 41.1 Å². The molecule has 2 saturated heterocycles. The Morgan fingerprint density at radius 2 is 1.72 bits per heavy atom. The molecule has 2 aliphatic heterocycles. The topological polar surface area (TPSA) is 81.9 Å². The van der Waals surface area contributed by atoms with Crippen LogP contribution < -0.4 is 0 Å². The number of carbonyl (C=O) groups is 2. The summed E-state index contributed by atoms with van der Waals surface area (Å²) >= 11 is 0. The van der Waals surface area contributed by atoms with Gasteiger partial charge in [-0.25, -0.2) is 4.79 Å². The number of fused-ring (bicyclic) bond motifs is 2. The van der Waals surface area contributed by atoms with E-state index in [2.05, 4.69) is 5.16 Å². The highest BCUT2D eigenvalue weighted by Crippen LogP contribution is 2.35. The van der Waals surface area contributed by atoms with Gasteiger partial charge in [0, 0.05) is 23.1 Å². The lowest BCUT2D eigenvalue weighted by molar-refractivity contribution is -0.0861. The van der Waals surface area contributed by atoms with Crippen molar-refractivity contribution in [2.75, 3.05) is 13.2 Å². The van der Waals surface area contributed by atoms with Crippen LogP contribution in [0.2, 0.25) is 0 Å². The number of hydrogen-bond donors (Lipinski definition) is 0. The summed E-state index contributed by atoms with van der Waals surface area (Å²) in [6.45, 7) is 6.44. The Labute approximate surface area is 169 Å². The van der Waals surface area contributed by atoms with Gasteiger partial charge in [0.25, 0.3) is 0 Å². The van der Waals surface area contributed by atoms with Crippen molar-refractivity contribution < 1.29 is 23.6 Å². The number of piperidine rings is 1. The molecule has 2 fully saturated rings. The van der Waals surface area contributed by atoms with E-state index in [1.807, 2.05) is 45.0 Å². The van der Waals surface area contributed by atoms with Gasteiger partial charge in [0.05, 0.1) is 31.5 Å². The van der Waals surface area contributed by atoms with Crippen LogP contribution in [0.1, 0.15) is 44.0 Å². The monoisotopic (exact) mass is 398 g/mol. The minimum Gasteiger partial charge on any atom is -0.444 e. The summed E-state index contributed by atoms with van der Waals surface area (Å²) in [5.74, 6) is 0.639. The maximum absolute atomic E-state index is 13.1. The molecule has 2 unspecified atom stereocenters. The summed E-state index contributed by atoms with van der Waals surface area (Å²) in [5, 5.41) is 3.71. The highest BCUT2D eigenvalue weighted by atomic mass is 16.6. The largest absolute Gasteiger partial charge is 0.444 e. The number of carbonyl (C=O) groups excluding carboxylic acids is 2. The van der Waals surface area contributed by atoms with Crippen molar-refractivity contribution in [2.24, 2.45) is 5.92 Å². The zero-order valence-corrected chi connectivity index (χ0v) is 17.0. The van der Waals surface area contributed by atoms with Gasteiger partial charge in [-0.3, -0.25) is 9.69 Å². The molecule has 0 radical (unpaired) electrons. The maximum Gasteiger partial charge on any atom is 0.410 e. The molecule has 0 N–H and O–H groups in total. The number of benzene rings is 1. The van der Waals surface area contributed by atoms with Crippen molar-refractivity contribution in [2.45, 2.75) is 51.3 Å². The Bertz CT molecular complexity index is 856. The smallest absolute Gasteiger partial charge is 0.410 e. The van der Waals surface area contributed by atoms with E-state index in [1.54, 1.807) is 17.2 Å².